The van der Waals surface area contributed by atoms with Crippen LogP contribution in [-0.2, 0) is 4.79 Å². The molecule has 2 fully saturated rings. The zero-order chi connectivity index (χ0) is 13.0. The number of hydrogen-bond acceptors (Lipinski definition) is 4. The summed E-state index contributed by atoms with van der Waals surface area (Å²) in [5.41, 5.74) is 0. The van der Waals surface area contributed by atoms with Crippen molar-refractivity contribution in [2.75, 3.05) is 37.8 Å². The molecule has 1 N–H and O–H groups in total. The maximum Gasteiger partial charge on any atom is 0.240 e. The molecule has 0 spiro atoms. The van der Waals surface area contributed by atoms with E-state index in [1.54, 1.807) is 0 Å². The number of thioether (sulfide) groups is 1. The zero-order valence-corrected chi connectivity index (χ0v) is 12.3. The van der Waals surface area contributed by atoms with Crippen LogP contribution in [0.4, 0.5) is 0 Å². The molecule has 0 aliphatic carbocycles. The van der Waals surface area contributed by atoms with E-state index < -0.39 is 0 Å². The second kappa shape index (κ2) is 6.78. The largest absolute Gasteiger partial charge is 0.341 e. The fourth-order valence-corrected chi connectivity index (χ4v) is 3.90. The molecule has 0 aromatic heterocycles. The van der Waals surface area contributed by atoms with Crippen LogP contribution >= 0.6 is 11.8 Å². The van der Waals surface area contributed by atoms with Crippen LogP contribution in [0, 0.1) is 0 Å². The molecule has 2 aliphatic heterocycles. The number of carbonyl (C=O) groups is 1. The number of rotatable bonds is 4. The minimum atomic E-state index is 0.0694. The van der Waals surface area contributed by atoms with E-state index in [2.05, 4.69) is 29.0 Å². The van der Waals surface area contributed by atoms with Crippen LogP contribution in [0.15, 0.2) is 0 Å². The van der Waals surface area contributed by atoms with E-state index in [1.165, 1.54) is 0 Å². The first-order valence-electron chi connectivity index (χ1n) is 7.10. The fourth-order valence-electron chi connectivity index (χ4n) is 2.97. The summed E-state index contributed by atoms with van der Waals surface area (Å²) < 4.78 is 0. The summed E-state index contributed by atoms with van der Waals surface area (Å²) in [4.78, 5) is 16.8. The fraction of sp³-hybridized carbons (Fsp3) is 0.923. The van der Waals surface area contributed by atoms with E-state index in [1.807, 2.05) is 11.8 Å². The van der Waals surface area contributed by atoms with Crippen LogP contribution in [-0.4, -0.2) is 65.6 Å². The van der Waals surface area contributed by atoms with Crippen molar-refractivity contribution in [3.63, 3.8) is 0 Å². The van der Waals surface area contributed by atoms with Gasteiger partial charge in [-0.05, 0) is 25.9 Å². The molecule has 1 atom stereocenters. The Hall–Kier alpha value is -0.260. The van der Waals surface area contributed by atoms with Crippen LogP contribution in [0.1, 0.15) is 26.7 Å². The van der Waals surface area contributed by atoms with Gasteiger partial charge in [0, 0.05) is 30.8 Å². The second-order valence-corrected chi connectivity index (χ2v) is 6.08. The highest BCUT2D eigenvalue weighted by atomic mass is 32.2. The monoisotopic (exact) mass is 271 g/mol. The molecule has 0 aromatic rings. The van der Waals surface area contributed by atoms with Gasteiger partial charge >= 0.3 is 0 Å². The maximum atomic E-state index is 12.3. The van der Waals surface area contributed by atoms with Gasteiger partial charge in [-0.2, -0.15) is 0 Å². The smallest absolute Gasteiger partial charge is 0.240 e. The molecular formula is C13H25N3OS. The van der Waals surface area contributed by atoms with Gasteiger partial charge in [0.15, 0.2) is 0 Å². The quantitative estimate of drug-likeness (QED) is 0.827. The van der Waals surface area contributed by atoms with Crippen molar-refractivity contribution in [1.29, 1.82) is 0 Å². The first-order valence-corrected chi connectivity index (χ1v) is 8.25. The van der Waals surface area contributed by atoms with E-state index >= 15 is 0 Å². The predicted molar refractivity (Wildman–Crippen MR) is 76.8 cm³/mol. The van der Waals surface area contributed by atoms with Gasteiger partial charge in [-0.3, -0.25) is 10.1 Å². The average Bonchev–Trinajstić information content (AvgIpc) is 2.94. The topological polar surface area (TPSA) is 35.6 Å². The molecule has 0 radical (unpaired) electrons. The molecule has 2 aliphatic rings. The Balaban J connectivity index is 1.80. The molecule has 18 heavy (non-hydrogen) atoms. The summed E-state index contributed by atoms with van der Waals surface area (Å²) >= 11 is 1.82. The lowest BCUT2D eigenvalue weighted by atomic mass is 10.0. The van der Waals surface area contributed by atoms with Crippen molar-refractivity contribution in [2.45, 2.75) is 38.8 Å². The third kappa shape index (κ3) is 3.19. The molecular weight excluding hydrogens is 246 g/mol. The van der Waals surface area contributed by atoms with E-state index in [0.717, 1.165) is 50.7 Å². The normalized spacial score (nSPS) is 25.9. The summed E-state index contributed by atoms with van der Waals surface area (Å²) in [7, 11) is 0. The van der Waals surface area contributed by atoms with Crippen molar-refractivity contribution < 1.29 is 4.79 Å². The van der Waals surface area contributed by atoms with Crippen LogP contribution < -0.4 is 5.32 Å². The van der Waals surface area contributed by atoms with Gasteiger partial charge < -0.3 is 9.80 Å². The van der Waals surface area contributed by atoms with Crippen molar-refractivity contribution in [3.8, 4) is 0 Å². The molecule has 2 rings (SSSR count). The average molecular weight is 271 g/mol. The summed E-state index contributed by atoms with van der Waals surface area (Å²) in [5.74, 6) is 2.18. The Morgan fingerprint density at radius 3 is 2.50 bits per heavy atom. The summed E-state index contributed by atoms with van der Waals surface area (Å²) in [6.07, 6.45) is 2.26. The molecule has 104 valence electrons. The minimum Gasteiger partial charge on any atom is -0.341 e. The number of piperidine rings is 1. The molecule has 0 saturated carbocycles. The highest BCUT2D eigenvalue weighted by Crippen LogP contribution is 2.19. The second-order valence-electron chi connectivity index (χ2n) is 5.05. The number of amides is 1. The molecule has 5 heteroatoms. The van der Waals surface area contributed by atoms with Gasteiger partial charge in [-0.25, -0.2) is 0 Å². The van der Waals surface area contributed by atoms with Crippen molar-refractivity contribution in [2.24, 2.45) is 0 Å². The first kappa shape index (κ1) is 14.2. The van der Waals surface area contributed by atoms with Crippen LogP contribution in [0.3, 0.4) is 0 Å². The van der Waals surface area contributed by atoms with Gasteiger partial charge in [0.05, 0.1) is 6.04 Å². The molecule has 2 heterocycles. The van der Waals surface area contributed by atoms with Gasteiger partial charge in [-0.15, -0.1) is 11.8 Å². The van der Waals surface area contributed by atoms with Gasteiger partial charge in [0.1, 0.15) is 0 Å². The summed E-state index contributed by atoms with van der Waals surface area (Å²) in [6.45, 7) is 8.55. The Kier molecular flexibility index (Phi) is 5.33. The number of nitrogens with one attached hydrogen (secondary N) is 1. The Morgan fingerprint density at radius 2 is 2.00 bits per heavy atom. The Bertz CT molecular complexity index is 269. The minimum absolute atomic E-state index is 0.0694. The lowest BCUT2D eigenvalue weighted by Gasteiger charge is -2.38. The summed E-state index contributed by atoms with van der Waals surface area (Å²) in [6, 6.07) is 0.745. The molecule has 0 bridgehead atoms. The van der Waals surface area contributed by atoms with E-state index in [4.69, 9.17) is 0 Å². The zero-order valence-electron chi connectivity index (χ0n) is 11.5. The molecule has 4 nitrogen and oxygen atoms in total. The molecule has 0 aromatic carbocycles. The number of carbonyl (C=O) groups excluding carboxylic acids is 1. The molecule has 1 unspecified atom stereocenters. The van der Waals surface area contributed by atoms with E-state index in [0.29, 0.717) is 11.9 Å². The van der Waals surface area contributed by atoms with Gasteiger partial charge in [-0.1, -0.05) is 13.8 Å². The van der Waals surface area contributed by atoms with Crippen molar-refractivity contribution in [3.05, 3.63) is 0 Å². The lowest BCUT2D eigenvalue weighted by Crippen LogP contribution is -2.51. The highest BCUT2D eigenvalue weighted by Gasteiger charge is 2.31. The molecule has 1 amide bonds. The SMILES string of the molecule is CCN(CC)C1CCN(C(=O)C2CSCN2)CC1. The van der Waals surface area contributed by atoms with E-state index in [-0.39, 0.29) is 6.04 Å². The predicted octanol–water partition coefficient (Wildman–Crippen LogP) is 0.982. The van der Waals surface area contributed by atoms with Gasteiger partial charge in [0.25, 0.3) is 0 Å². The Labute approximate surface area is 114 Å². The third-order valence-electron chi connectivity index (χ3n) is 4.12. The third-order valence-corrected chi connectivity index (χ3v) is 5.06. The lowest BCUT2D eigenvalue weighted by molar-refractivity contribution is -0.134. The van der Waals surface area contributed by atoms with Crippen molar-refractivity contribution >= 4 is 17.7 Å². The standard InChI is InChI=1S/C13H25N3OS/c1-3-15(4-2)11-5-7-16(8-6-11)13(17)12-9-18-10-14-12/h11-12,14H,3-10H2,1-2H3. The summed E-state index contributed by atoms with van der Waals surface area (Å²) in [5, 5.41) is 3.27. The van der Waals surface area contributed by atoms with E-state index in [9.17, 15) is 4.79 Å². The number of nitrogens with zero attached hydrogens (tertiary/aromatic N) is 2. The number of hydrogen-bond donors (Lipinski definition) is 1. The van der Waals surface area contributed by atoms with Crippen LogP contribution in [0.2, 0.25) is 0 Å². The van der Waals surface area contributed by atoms with Crippen LogP contribution in [0.5, 0.6) is 0 Å². The van der Waals surface area contributed by atoms with Crippen LogP contribution in [0.25, 0.3) is 0 Å². The number of likely N-dealkylation sites (tertiary alicyclic amines) is 1. The Morgan fingerprint density at radius 1 is 1.33 bits per heavy atom. The maximum absolute atomic E-state index is 12.3. The van der Waals surface area contributed by atoms with Gasteiger partial charge in [0.2, 0.25) is 5.91 Å². The van der Waals surface area contributed by atoms with Crippen molar-refractivity contribution in [1.82, 2.24) is 15.1 Å². The highest BCUT2D eigenvalue weighted by molar-refractivity contribution is 7.99. The first-order chi connectivity index (χ1) is 8.76. The molecule has 2 saturated heterocycles.